The number of ether oxygens (including phenoxy) is 9. The number of benzene rings is 4. The number of carbonyl (C=O) groups is 3. The van der Waals surface area contributed by atoms with Crippen LogP contribution in [-0.4, -0.2) is 115 Å². The van der Waals surface area contributed by atoms with Gasteiger partial charge < -0.3 is 42.6 Å². The third kappa shape index (κ3) is 11.0. The summed E-state index contributed by atoms with van der Waals surface area (Å²) in [6.07, 6.45) is 10.8. The maximum atomic E-state index is 14.1. The van der Waals surface area contributed by atoms with Crippen LogP contribution < -0.4 is 28.6 Å². The molecule has 0 radical (unpaired) electrons. The number of esters is 1. The number of hydrogen-bond acceptors (Lipinski definition) is 14. The molecule has 69 heavy (non-hydrogen) atoms. The Kier molecular flexibility index (Phi) is 15.8. The molecule has 2 atom stereocenters. The van der Waals surface area contributed by atoms with Crippen molar-refractivity contribution in [2.45, 2.75) is 51.5 Å². The number of carbonyl (C=O) groups excluding carboxylic acids is 3. The molecule has 8 rings (SSSR count). The Morgan fingerprint density at radius 1 is 0.681 bits per heavy atom. The van der Waals surface area contributed by atoms with Gasteiger partial charge in [-0.1, -0.05) is 36.9 Å². The largest absolute Gasteiger partial charge is 0.493 e. The molecule has 0 saturated heterocycles. The highest BCUT2D eigenvalue weighted by Gasteiger charge is 2.38. The van der Waals surface area contributed by atoms with E-state index in [-0.39, 0.29) is 62.7 Å². The molecule has 360 valence electrons. The summed E-state index contributed by atoms with van der Waals surface area (Å²) in [5.74, 6) is 1.44. The first-order valence-corrected chi connectivity index (χ1v) is 22.8. The van der Waals surface area contributed by atoms with Gasteiger partial charge in [0.15, 0.2) is 23.0 Å². The highest BCUT2D eigenvalue weighted by atomic mass is 16.6. The van der Waals surface area contributed by atoms with Gasteiger partial charge in [0.05, 0.1) is 102 Å². The van der Waals surface area contributed by atoms with Crippen LogP contribution in [0.4, 0.5) is 17.1 Å². The number of nitrogens with zero attached hydrogens (tertiary/aromatic N) is 4. The molecule has 2 amide bonds. The van der Waals surface area contributed by atoms with E-state index in [0.29, 0.717) is 97.1 Å². The highest BCUT2D eigenvalue weighted by molar-refractivity contribution is 6.14. The van der Waals surface area contributed by atoms with Crippen molar-refractivity contribution in [1.29, 1.82) is 0 Å². The van der Waals surface area contributed by atoms with Gasteiger partial charge in [-0.05, 0) is 71.7 Å². The lowest BCUT2D eigenvalue weighted by molar-refractivity contribution is -0.141. The lowest BCUT2D eigenvalue weighted by Gasteiger charge is -2.23. The zero-order chi connectivity index (χ0) is 48.3. The molecule has 4 aliphatic heterocycles. The quantitative estimate of drug-likeness (QED) is 0.0519. The maximum Gasteiger partial charge on any atom is 0.307 e. The van der Waals surface area contributed by atoms with Gasteiger partial charge in [0.2, 0.25) is 0 Å². The number of methoxy groups -OCH3 is 3. The minimum Gasteiger partial charge on any atom is -0.493 e. The van der Waals surface area contributed by atoms with Crippen LogP contribution >= 0.6 is 0 Å². The Bertz CT molecular complexity index is 2690. The summed E-state index contributed by atoms with van der Waals surface area (Å²) >= 11 is 0. The molecule has 0 spiro atoms. The van der Waals surface area contributed by atoms with Crippen LogP contribution in [0.15, 0.2) is 113 Å². The van der Waals surface area contributed by atoms with Gasteiger partial charge in [-0.15, -0.1) is 0 Å². The molecule has 16 nitrogen and oxygen atoms in total. The van der Waals surface area contributed by atoms with Crippen molar-refractivity contribution >= 4 is 47.3 Å². The van der Waals surface area contributed by atoms with E-state index in [1.165, 1.54) is 21.3 Å². The number of aliphatic imine (C=N–C) groups is 2. The van der Waals surface area contributed by atoms with Crippen molar-refractivity contribution in [3.05, 3.63) is 131 Å². The Morgan fingerprint density at radius 2 is 1.25 bits per heavy atom. The van der Waals surface area contributed by atoms with Crippen molar-refractivity contribution < 1.29 is 57.0 Å². The first kappa shape index (κ1) is 48.2. The van der Waals surface area contributed by atoms with E-state index < -0.39 is 0 Å². The fourth-order valence-electron chi connectivity index (χ4n) is 8.62. The van der Waals surface area contributed by atoms with Gasteiger partial charge in [-0.25, -0.2) is 0 Å². The predicted octanol–water partition coefficient (Wildman–Crippen LogP) is 8.09. The summed E-state index contributed by atoms with van der Waals surface area (Å²) in [6.45, 7) is 8.37. The molecule has 4 heterocycles. The van der Waals surface area contributed by atoms with E-state index in [9.17, 15) is 14.4 Å². The fourth-order valence-corrected chi connectivity index (χ4v) is 8.62. The minimum absolute atomic E-state index is 0.0991. The number of allylic oxidation sites excluding steroid dienone is 3. The Hall–Kier alpha value is -7.27. The van der Waals surface area contributed by atoms with E-state index in [1.807, 2.05) is 67.8 Å². The van der Waals surface area contributed by atoms with Gasteiger partial charge in [0.25, 0.3) is 11.8 Å². The maximum absolute atomic E-state index is 14.1. The SMILES string of the molecule is C=CC1=C(/C=C\C)C[C@H]2C=Nc3cc(OCc4cc(COc5cc6c(cc5OC)C(=O)N5c7ccccc7C[C@H]5C=N6)cc(OCCOCCOCCOCCC(=O)OC)c4)c(OC)cc3C(=O)N12. The van der Waals surface area contributed by atoms with Crippen molar-refractivity contribution in [3.8, 4) is 28.7 Å². The zero-order valence-electron chi connectivity index (χ0n) is 39.3. The lowest BCUT2D eigenvalue weighted by Crippen LogP contribution is -2.37. The first-order chi connectivity index (χ1) is 33.7. The molecule has 0 N–H and O–H groups in total. The van der Waals surface area contributed by atoms with E-state index in [1.54, 1.807) is 46.4 Å². The lowest BCUT2D eigenvalue weighted by atomic mass is 10.1. The fraction of sp³-hybridized carbons (Fsp3) is 0.340. The summed E-state index contributed by atoms with van der Waals surface area (Å²) in [5.41, 5.74) is 7.03. The van der Waals surface area contributed by atoms with Gasteiger partial charge in [-0.2, -0.15) is 0 Å². The topological polar surface area (TPSA) is 165 Å². The van der Waals surface area contributed by atoms with Crippen LogP contribution in [-0.2, 0) is 43.4 Å². The molecular formula is C53H56N4O12. The van der Waals surface area contributed by atoms with E-state index >= 15 is 0 Å². The van der Waals surface area contributed by atoms with Crippen molar-refractivity contribution in [2.24, 2.45) is 9.98 Å². The second kappa shape index (κ2) is 22.7. The Labute approximate surface area is 401 Å². The predicted molar refractivity (Wildman–Crippen MR) is 259 cm³/mol. The molecule has 4 aromatic rings. The number of rotatable bonds is 23. The van der Waals surface area contributed by atoms with Crippen LogP contribution in [0.1, 0.15) is 57.2 Å². The van der Waals surface area contributed by atoms with E-state index in [0.717, 1.165) is 33.6 Å². The molecule has 4 aliphatic rings. The average Bonchev–Trinajstić information content (AvgIpc) is 3.84. The Balaban J connectivity index is 0.964. The van der Waals surface area contributed by atoms with Crippen LogP contribution in [0, 0.1) is 0 Å². The zero-order valence-corrected chi connectivity index (χ0v) is 39.3. The normalized spacial score (nSPS) is 16.6. The first-order valence-electron chi connectivity index (χ1n) is 22.8. The van der Waals surface area contributed by atoms with Crippen LogP contribution in [0.25, 0.3) is 0 Å². The van der Waals surface area contributed by atoms with Crippen molar-refractivity contribution in [2.75, 3.05) is 72.5 Å². The third-order valence-corrected chi connectivity index (χ3v) is 11.9. The van der Waals surface area contributed by atoms with Gasteiger partial charge >= 0.3 is 5.97 Å². The van der Waals surface area contributed by atoms with Crippen LogP contribution in [0.5, 0.6) is 28.7 Å². The summed E-state index contributed by atoms with van der Waals surface area (Å²) in [4.78, 5) is 52.3. The summed E-state index contributed by atoms with van der Waals surface area (Å²) in [5, 5.41) is 0. The summed E-state index contributed by atoms with van der Waals surface area (Å²) in [7, 11) is 4.40. The molecule has 0 fully saturated rings. The molecule has 0 unspecified atom stereocenters. The molecule has 0 bridgehead atoms. The second-order valence-electron chi connectivity index (χ2n) is 16.3. The number of hydrogen-bond donors (Lipinski definition) is 0. The molecular weight excluding hydrogens is 885 g/mol. The standard InChI is InChI=1S/C53H56N4O12/c1-6-10-36-24-38-30-54-43-28-49(47(61-3)26-41(43)52(59)56(38)45(36)7-2)68-32-34-21-35(23-40(22-34)67-20-19-66-18-17-65-16-15-64-14-13-51(58)63-5)33-69-50-29-44-42(27-48(50)62-4)53(60)57-39(31-55-44)25-37-11-8-9-12-46(37)57/h6-12,21-23,26-31,38-39H,2,13-20,24-25,32-33H2,1,3-5H3/b10-6-/t38-,39-/m0/s1. The highest BCUT2D eigenvalue weighted by Crippen LogP contribution is 2.43. The Morgan fingerprint density at radius 3 is 1.83 bits per heavy atom. The number of anilines is 1. The molecule has 4 aromatic carbocycles. The van der Waals surface area contributed by atoms with E-state index in [4.69, 9.17) is 47.9 Å². The van der Waals surface area contributed by atoms with Crippen LogP contribution in [0.3, 0.4) is 0 Å². The average molecular weight is 941 g/mol. The van der Waals surface area contributed by atoms with Gasteiger partial charge in [-0.3, -0.25) is 34.2 Å². The monoisotopic (exact) mass is 940 g/mol. The number of fused-ring (bicyclic) bond motifs is 6. The summed E-state index contributed by atoms with van der Waals surface area (Å²) in [6, 6.07) is 19.9. The molecule has 0 aromatic heterocycles. The van der Waals surface area contributed by atoms with Gasteiger partial charge in [0, 0.05) is 48.8 Å². The third-order valence-electron chi connectivity index (χ3n) is 11.9. The smallest absolute Gasteiger partial charge is 0.307 e. The van der Waals surface area contributed by atoms with Crippen molar-refractivity contribution in [3.63, 3.8) is 0 Å². The van der Waals surface area contributed by atoms with Crippen molar-refractivity contribution in [1.82, 2.24) is 4.90 Å². The number of amides is 2. The number of para-hydroxylation sites is 1. The minimum atomic E-state index is -0.322. The van der Waals surface area contributed by atoms with E-state index in [2.05, 4.69) is 11.3 Å². The van der Waals surface area contributed by atoms with Crippen LogP contribution in [0.2, 0.25) is 0 Å². The summed E-state index contributed by atoms with van der Waals surface area (Å²) < 4.78 is 51.9. The second-order valence-corrected chi connectivity index (χ2v) is 16.3. The van der Waals surface area contributed by atoms with Gasteiger partial charge in [0.1, 0.15) is 25.6 Å². The molecule has 0 aliphatic carbocycles. The molecule has 0 saturated carbocycles. The molecule has 16 heteroatoms.